The van der Waals surface area contributed by atoms with Gasteiger partial charge in [-0.25, -0.2) is 8.42 Å². The standard InChI is InChI=1S/C19H28N2O5S/c1-13-5-6-17(14(2)11-13)27(25,26)21-9-7-16(8-10-21)18(22)20(4)12-15(3)19(23)24/h5-6,11,15-16H,7-10,12H2,1-4H3,(H,23,24). The molecule has 1 aliphatic heterocycles. The molecule has 0 radical (unpaired) electrons. The summed E-state index contributed by atoms with van der Waals surface area (Å²) in [6.45, 7) is 5.99. The van der Waals surface area contributed by atoms with Crippen molar-refractivity contribution >= 4 is 21.9 Å². The predicted octanol–water partition coefficient (Wildman–Crippen LogP) is 1.88. The summed E-state index contributed by atoms with van der Waals surface area (Å²) in [6, 6.07) is 5.27. The molecule has 7 nitrogen and oxygen atoms in total. The number of benzene rings is 1. The van der Waals surface area contributed by atoms with Gasteiger partial charge in [-0.3, -0.25) is 9.59 Å². The molecule has 1 unspecified atom stereocenters. The molecule has 1 aromatic carbocycles. The molecule has 1 atom stereocenters. The number of rotatable bonds is 6. The van der Waals surface area contributed by atoms with Crippen molar-refractivity contribution < 1.29 is 23.1 Å². The molecule has 1 aliphatic rings. The van der Waals surface area contributed by atoms with Gasteiger partial charge in [0.15, 0.2) is 0 Å². The van der Waals surface area contributed by atoms with Crippen LogP contribution < -0.4 is 0 Å². The molecule has 0 spiro atoms. The molecule has 1 N–H and O–H groups in total. The van der Waals surface area contributed by atoms with Crippen LogP contribution in [0.15, 0.2) is 23.1 Å². The average molecular weight is 397 g/mol. The molecule has 2 rings (SSSR count). The maximum atomic E-state index is 12.9. The molecule has 27 heavy (non-hydrogen) atoms. The maximum Gasteiger partial charge on any atom is 0.308 e. The third-order valence-electron chi connectivity index (χ3n) is 5.10. The van der Waals surface area contributed by atoms with Crippen LogP contribution in [0.1, 0.15) is 30.9 Å². The summed E-state index contributed by atoms with van der Waals surface area (Å²) in [5.41, 5.74) is 1.73. The molecular weight excluding hydrogens is 368 g/mol. The number of aryl methyl sites for hydroxylation is 2. The minimum atomic E-state index is -3.58. The van der Waals surface area contributed by atoms with Gasteiger partial charge in [0.2, 0.25) is 15.9 Å². The number of aliphatic carboxylic acids is 1. The molecule has 0 bridgehead atoms. The molecule has 1 fully saturated rings. The first-order valence-electron chi connectivity index (χ1n) is 9.09. The summed E-state index contributed by atoms with van der Waals surface area (Å²) < 4.78 is 27.3. The fraction of sp³-hybridized carbons (Fsp3) is 0.579. The summed E-state index contributed by atoms with van der Waals surface area (Å²) in [7, 11) is -1.98. The van der Waals surface area contributed by atoms with Crippen molar-refractivity contribution in [1.82, 2.24) is 9.21 Å². The number of sulfonamides is 1. The Morgan fingerprint density at radius 1 is 1.26 bits per heavy atom. The van der Waals surface area contributed by atoms with Crippen LogP contribution in [0, 0.1) is 25.7 Å². The SMILES string of the molecule is Cc1ccc(S(=O)(=O)N2CCC(C(=O)N(C)CC(C)C(=O)O)CC2)c(C)c1. The van der Waals surface area contributed by atoms with Gasteiger partial charge in [-0.15, -0.1) is 0 Å². The number of hydrogen-bond acceptors (Lipinski definition) is 4. The van der Waals surface area contributed by atoms with E-state index in [9.17, 15) is 18.0 Å². The lowest BCUT2D eigenvalue weighted by Crippen LogP contribution is -2.44. The largest absolute Gasteiger partial charge is 0.481 e. The first-order chi connectivity index (χ1) is 12.5. The third kappa shape index (κ3) is 4.87. The first kappa shape index (κ1) is 21.4. The van der Waals surface area contributed by atoms with Crippen molar-refractivity contribution in [3.63, 3.8) is 0 Å². The fourth-order valence-corrected chi connectivity index (χ4v) is 5.14. The lowest BCUT2D eigenvalue weighted by molar-refractivity contribution is -0.143. The van der Waals surface area contributed by atoms with Crippen LogP contribution in [-0.4, -0.2) is 61.3 Å². The molecule has 1 amide bonds. The Labute approximate surface area is 161 Å². The number of carbonyl (C=O) groups excluding carboxylic acids is 1. The van der Waals surface area contributed by atoms with Gasteiger partial charge in [-0.05, 0) is 38.3 Å². The minimum Gasteiger partial charge on any atom is -0.481 e. The van der Waals surface area contributed by atoms with Gasteiger partial charge in [-0.1, -0.05) is 24.6 Å². The summed E-state index contributed by atoms with van der Waals surface area (Å²) in [5.74, 6) is -1.97. The van der Waals surface area contributed by atoms with Crippen molar-refractivity contribution in [1.29, 1.82) is 0 Å². The van der Waals surface area contributed by atoms with E-state index in [1.807, 2.05) is 13.0 Å². The van der Waals surface area contributed by atoms with Crippen LogP contribution in [0.4, 0.5) is 0 Å². The topological polar surface area (TPSA) is 95.0 Å². The van der Waals surface area contributed by atoms with E-state index in [0.29, 0.717) is 17.7 Å². The zero-order chi connectivity index (χ0) is 20.4. The van der Waals surface area contributed by atoms with Crippen LogP contribution in [0.2, 0.25) is 0 Å². The van der Waals surface area contributed by atoms with Crippen molar-refractivity contribution in [2.24, 2.45) is 11.8 Å². The highest BCUT2D eigenvalue weighted by Crippen LogP contribution is 2.27. The van der Waals surface area contributed by atoms with Crippen molar-refractivity contribution in [2.45, 2.75) is 38.5 Å². The quantitative estimate of drug-likeness (QED) is 0.792. The van der Waals surface area contributed by atoms with Gasteiger partial charge >= 0.3 is 5.97 Å². The molecule has 1 saturated heterocycles. The highest BCUT2D eigenvalue weighted by atomic mass is 32.2. The lowest BCUT2D eigenvalue weighted by Gasteiger charge is -2.33. The monoisotopic (exact) mass is 396 g/mol. The molecule has 1 aromatic rings. The van der Waals surface area contributed by atoms with E-state index in [2.05, 4.69) is 0 Å². The van der Waals surface area contributed by atoms with Gasteiger partial charge < -0.3 is 10.0 Å². The number of hydrogen-bond donors (Lipinski definition) is 1. The van der Waals surface area contributed by atoms with Crippen molar-refractivity contribution in [3.8, 4) is 0 Å². The number of carboxylic acid groups (broad SMARTS) is 1. The highest BCUT2D eigenvalue weighted by Gasteiger charge is 2.34. The average Bonchev–Trinajstić information content (AvgIpc) is 2.60. The molecule has 8 heteroatoms. The number of amides is 1. The predicted molar refractivity (Wildman–Crippen MR) is 102 cm³/mol. The molecule has 1 heterocycles. The molecule has 150 valence electrons. The maximum absolute atomic E-state index is 12.9. The van der Waals surface area contributed by atoms with E-state index in [1.165, 1.54) is 9.21 Å². The summed E-state index contributed by atoms with van der Waals surface area (Å²) in [6.07, 6.45) is 0.879. The Bertz CT molecular complexity index is 813. The van der Waals surface area contributed by atoms with E-state index in [1.54, 1.807) is 33.0 Å². The van der Waals surface area contributed by atoms with E-state index >= 15 is 0 Å². The van der Waals surface area contributed by atoms with Gasteiger partial charge in [0.1, 0.15) is 0 Å². The van der Waals surface area contributed by atoms with Crippen LogP contribution in [0.3, 0.4) is 0 Å². The lowest BCUT2D eigenvalue weighted by atomic mass is 9.96. The Balaban J connectivity index is 2.02. The summed E-state index contributed by atoms with van der Waals surface area (Å²) in [4.78, 5) is 25.3. The van der Waals surface area contributed by atoms with E-state index in [-0.39, 0.29) is 31.5 Å². The Hall–Kier alpha value is -1.93. The second kappa shape index (κ2) is 8.39. The van der Waals surface area contributed by atoms with Crippen LogP contribution in [0.5, 0.6) is 0 Å². The zero-order valence-electron chi connectivity index (χ0n) is 16.3. The first-order valence-corrected chi connectivity index (χ1v) is 10.5. The van der Waals surface area contributed by atoms with Crippen molar-refractivity contribution in [2.75, 3.05) is 26.7 Å². The summed E-state index contributed by atoms with van der Waals surface area (Å²) in [5, 5.41) is 8.98. The van der Waals surface area contributed by atoms with Gasteiger partial charge in [-0.2, -0.15) is 4.31 Å². The third-order valence-corrected chi connectivity index (χ3v) is 7.16. The Kier molecular flexibility index (Phi) is 6.64. The number of nitrogens with zero attached hydrogens (tertiary/aromatic N) is 2. The number of carbonyl (C=O) groups is 2. The fourth-order valence-electron chi connectivity index (χ4n) is 3.46. The van der Waals surface area contributed by atoms with Crippen LogP contribution in [-0.2, 0) is 19.6 Å². The smallest absolute Gasteiger partial charge is 0.308 e. The Morgan fingerprint density at radius 2 is 1.85 bits per heavy atom. The number of carboxylic acids is 1. The van der Waals surface area contributed by atoms with Crippen LogP contribution >= 0.6 is 0 Å². The van der Waals surface area contributed by atoms with E-state index in [4.69, 9.17) is 5.11 Å². The van der Waals surface area contributed by atoms with Crippen molar-refractivity contribution in [3.05, 3.63) is 29.3 Å². The second-order valence-corrected chi connectivity index (χ2v) is 9.31. The summed E-state index contributed by atoms with van der Waals surface area (Å²) >= 11 is 0. The highest BCUT2D eigenvalue weighted by molar-refractivity contribution is 7.89. The molecule has 0 aromatic heterocycles. The second-order valence-electron chi connectivity index (χ2n) is 7.41. The van der Waals surface area contributed by atoms with Gasteiger partial charge in [0, 0.05) is 32.6 Å². The molecule has 0 aliphatic carbocycles. The van der Waals surface area contributed by atoms with Gasteiger partial charge in [0.25, 0.3) is 0 Å². The van der Waals surface area contributed by atoms with Gasteiger partial charge in [0.05, 0.1) is 10.8 Å². The number of piperidine rings is 1. The molecule has 0 saturated carbocycles. The van der Waals surface area contributed by atoms with Crippen LogP contribution in [0.25, 0.3) is 0 Å². The Morgan fingerprint density at radius 3 is 2.37 bits per heavy atom. The zero-order valence-corrected chi connectivity index (χ0v) is 17.1. The van der Waals surface area contributed by atoms with E-state index < -0.39 is 21.9 Å². The van der Waals surface area contributed by atoms with E-state index in [0.717, 1.165) is 11.1 Å². The minimum absolute atomic E-state index is 0.119. The normalized spacial score (nSPS) is 17.5. The molecular formula is C19H28N2O5S.